The number of ether oxygens (including phenoxy) is 21. The van der Waals surface area contributed by atoms with Crippen LogP contribution in [0.1, 0.15) is 60.8 Å². The van der Waals surface area contributed by atoms with E-state index >= 15 is 0 Å². The van der Waals surface area contributed by atoms with Crippen LogP contribution in [0.4, 0.5) is 0 Å². The average Bonchev–Trinajstić information content (AvgIpc) is 1.24. The van der Waals surface area contributed by atoms with E-state index in [1.165, 1.54) is 0 Å². The van der Waals surface area contributed by atoms with Gasteiger partial charge >= 0.3 is 0 Å². The minimum absolute atomic E-state index is 0. The molecule has 0 radical (unpaired) electrons. The maximum absolute atomic E-state index is 10.8. The summed E-state index contributed by atoms with van der Waals surface area (Å²) in [4.78, 5) is 1.82. The highest BCUT2D eigenvalue weighted by atomic mass is 127. The lowest BCUT2D eigenvalue weighted by Gasteiger charge is -2.33. The smallest absolute Gasteiger partial charge is 0.104 e. The molecular formula is C68H134IN3O28. The number of hydrogen-bond acceptors (Lipinski definition) is 31. The molecule has 12 unspecified atom stereocenters. The number of nitrogens with zero attached hydrogens (tertiary/aromatic N) is 1. The Hall–Kier alpha value is -0.510. The predicted octanol–water partition coefficient (Wildman–Crippen LogP) is -0.908. The second kappa shape index (κ2) is 55.0. The summed E-state index contributed by atoms with van der Waals surface area (Å²) in [6.45, 7) is 29.3. The molecule has 100 heavy (non-hydrogen) atoms. The maximum Gasteiger partial charge on any atom is 0.104 e. The van der Waals surface area contributed by atoms with Crippen molar-refractivity contribution >= 4 is 24.0 Å². The summed E-state index contributed by atoms with van der Waals surface area (Å²) in [6.07, 6.45) is 3.17. The van der Waals surface area contributed by atoms with Gasteiger partial charge in [-0.1, -0.05) is 35.1 Å². The zero-order chi connectivity index (χ0) is 70.6. The van der Waals surface area contributed by atoms with Gasteiger partial charge in [0.25, 0.3) is 0 Å². The van der Waals surface area contributed by atoms with E-state index in [9.17, 15) is 20.4 Å². The lowest BCUT2D eigenvalue weighted by Crippen LogP contribution is -2.44. The topological polar surface area (TPSA) is 406 Å². The standard InChI is InChI=1S/C32H59NO13.C17H33NO7.C15H26O6.C2H7NO.CH4O.CH4.HI/c1-3-31(21-39-11-27-15-43-27,22-40-12-28-16-44-28)19-37-9-25(35)7-33(5-6-34)8-26(36)10-38-20-32(4-2,23-41-13-29-17-45-29)24-42-14-30-18-46-30;1-2-17(12-22-7-15-9-24-15,13-23-8-16-10-25-16)11-21-6-14(20)5-18-3-4-19;1-2-15(9-16-3-12-6-19-12,10-17-4-13-7-20-13)11-18-5-14-8-21-14;3-1-2-4;1-2;;/h25-30,34-36H,3-24H2,1-2H3;14-16,18-20H,2-13H2,1H3;12-14H,2-11H2,1H3;4H,1-3H2;2H,1H3;1H4;1H. The molecule has 0 aromatic heterocycles. The highest BCUT2D eigenvalue weighted by Crippen LogP contribution is 2.30. The van der Waals surface area contributed by atoms with E-state index in [4.69, 9.17) is 121 Å². The van der Waals surface area contributed by atoms with Crippen LogP contribution in [0.25, 0.3) is 0 Å². The molecule has 0 bridgehead atoms. The van der Waals surface area contributed by atoms with E-state index in [0.29, 0.717) is 183 Å². The Balaban J connectivity index is 0.000000405. The number of halogens is 1. The minimum atomic E-state index is -0.816. The molecule has 0 amide bonds. The summed E-state index contributed by atoms with van der Waals surface area (Å²) in [5.41, 5.74) is 3.71. The van der Waals surface area contributed by atoms with Gasteiger partial charge in [-0.15, -0.1) is 24.0 Å². The van der Waals surface area contributed by atoms with E-state index in [1.807, 2.05) is 4.90 Å². The molecule has 0 aromatic carbocycles. The van der Waals surface area contributed by atoms with Crippen molar-refractivity contribution < 1.29 is 135 Å². The Bertz CT molecular complexity index is 1750. The van der Waals surface area contributed by atoms with Crippen molar-refractivity contribution in [1.29, 1.82) is 0 Å². The number of epoxide rings is 9. The maximum atomic E-state index is 10.8. The third kappa shape index (κ3) is 46.6. The van der Waals surface area contributed by atoms with Gasteiger partial charge in [0.1, 0.15) is 54.9 Å². The van der Waals surface area contributed by atoms with Crippen LogP contribution in [-0.4, -0.2) is 398 Å². The van der Waals surface area contributed by atoms with Crippen molar-refractivity contribution in [3.63, 3.8) is 0 Å². The number of aliphatic hydroxyl groups excluding tert-OH is 7. The first-order valence-corrected chi connectivity index (χ1v) is 35.7. The van der Waals surface area contributed by atoms with E-state index in [-0.39, 0.29) is 142 Å². The highest BCUT2D eigenvalue weighted by molar-refractivity contribution is 14.0. The van der Waals surface area contributed by atoms with Crippen molar-refractivity contribution in [2.75, 3.05) is 284 Å². The molecule has 0 aliphatic carbocycles. The molecule has 9 aliphatic rings. The van der Waals surface area contributed by atoms with Crippen LogP contribution in [0.15, 0.2) is 0 Å². The fourth-order valence-corrected chi connectivity index (χ4v) is 9.61. The average molecular weight is 1570 g/mol. The van der Waals surface area contributed by atoms with Crippen molar-refractivity contribution in [2.45, 2.75) is 134 Å². The SMILES string of the molecule is C.CCC(COCC(O)CN(CCO)CC(O)COCC(CC)(COCC1CO1)COCC1CO1)(COCC1CO1)COCC1CO1.CCC(COCC(O)CNCCO)(COCC1CO1)COCC1CO1.CCC(COCC1CO1)(COCC1CO1)COCC1CO1.CO.I.NCCO. The highest BCUT2D eigenvalue weighted by Gasteiger charge is 2.39. The van der Waals surface area contributed by atoms with E-state index in [0.717, 1.165) is 92.3 Å². The van der Waals surface area contributed by atoms with Gasteiger partial charge in [-0.2, -0.15) is 0 Å². The summed E-state index contributed by atoms with van der Waals surface area (Å²) in [5.74, 6) is 0. The Labute approximate surface area is 612 Å². The molecule has 9 aliphatic heterocycles. The Morgan fingerprint density at radius 3 is 0.740 bits per heavy atom. The van der Waals surface area contributed by atoms with Gasteiger partial charge in [0.05, 0.1) is 256 Å². The van der Waals surface area contributed by atoms with Crippen molar-refractivity contribution in [3.05, 3.63) is 0 Å². The summed E-state index contributed by atoms with van der Waals surface area (Å²) < 4.78 is 117. The van der Waals surface area contributed by atoms with Gasteiger partial charge < -0.3 is 146 Å². The Morgan fingerprint density at radius 2 is 0.570 bits per heavy atom. The van der Waals surface area contributed by atoms with Crippen molar-refractivity contribution in [2.24, 2.45) is 27.4 Å². The van der Waals surface area contributed by atoms with Gasteiger partial charge in [-0.3, -0.25) is 4.90 Å². The number of rotatable bonds is 63. The minimum Gasteiger partial charge on any atom is -0.400 e. The van der Waals surface area contributed by atoms with Crippen molar-refractivity contribution in [3.8, 4) is 0 Å². The lowest BCUT2D eigenvalue weighted by atomic mass is 9.88. The van der Waals surface area contributed by atoms with Crippen molar-refractivity contribution in [1.82, 2.24) is 10.2 Å². The molecule has 0 spiro atoms. The van der Waals surface area contributed by atoms with Crippen LogP contribution in [-0.2, 0) is 99.5 Å². The molecule has 31 nitrogen and oxygen atoms in total. The summed E-state index contributed by atoms with van der Waals surface area (Å²) in [5, 5.41) is 67.6. The van der Waals surface area contributed by atoms with Gasteiger partial charge in [0, 0.05) is 68.0 Å². The normalized spacial score (nSPS) is 26.2. The molecule has 32 heteroatoms. The zero-order valence-electron chi connectivity index (χ0n) is 60.1. The number of nitrogens with two attached hydrogens (primary N) is 1. The first-order chi connectivity index (χ1) is 47.7. The molecule has 10 N–H and O–H groups in total. The summed E-state index contributed by atoms with van der Waals surface area (Å²) >= 11 is 0. The zero-order valence-corrected chi connectivity index (χ0v) is 62.4. The van der Waals surface area contributed by atoms with Gasteiger partial charge in [0.2, 0.25) is 0 Å². The van der Waals surface area contributed by atoms with Crippen LogP contribution in [0.5, 0.6) is 0 Å². The fourth-order valence-electron chi connectivity index (χ4n) is 9.61. The van der Waals surface area contributed by atoms with E-state index in [1.54, 1.807) is 0 Å². The second-order valence-electron chi connectivity index (χ2n) is 27.1. The second-order valence-corrected chi connectivity index (χ2v) is 27.1. The Morgan fingerprint density at radius 1 is 0.370 bits per heavy atom. The number of nitrogens with one attached hydrogen (secondary N) is 1. The van der Waals surface area contributed by atoms with Gasteiger partial charge in [0.15, 0.2) is 0 Å². The first-order valence-electron chi connectivity index (χ1n) is 35.7. The molecule has 9 fully saturated rings. The number of aliphatic hydroxyl groups is 7. The molecule has 596 valence electrons. The monoisotopic (exact) mass is 1570 g/mol. The molecule has 9 saturated heterocycles. The van der Waals surface area contributed by atoms with Crippen LogP contribution in [0.2, 0.25) is 0 Å². The van der Waals surface area contributed by atoms with Crippen LogP contribution in [0.3, 0.4) is 0 Å². The Kier molecular flexibility index (Phi) is 51.5. The number of hydrogen-bond donors (Lipinski definition) is 9. The van der Waals surface area contributed by atoms with E-state index in [2.05, 4.69) is 33.0 Å². The molecule has 9 rings (SSSR count). The first kappa shape index (κ1) is 93.7. The summed E-state index contributed by atoms with van der Waals surface area (Å²) in [7, 11) is 1.00. The van der Waals surface area contributed by atoms with E-state index < -0.39 is 18.3 Å². The van der Waals surface area contributed by atoms with Crippen LogP contribution < -0.4 is 11.1 Å². The quantitative estimate of drug-likeness (QED) is 0.0202. The fraction of sp³-hybridized carbons (Fsp3) is 1.00. The predicted molar refractivity (Wildman–Crippen MR) is 376 cm³/mol. The molecular weight excluding hydrogens is 1430 g/mol. The molecule has 12 atom stereocenters. The van der Waals surface area contributed by atoms with Gasteiger partial charge in [-0.25, -0.2) is 0 Å². The summed E-state index contributed by atoms with van der Waals surface area (Å²) in [6, 6.07) is 0. The van der Waals surface area contributed by atoms with Crippen LogP contribution >= 0.6 is 24.0 Å². The molecule has 9 heterocycles. The third-order valence-corrected chi connectivity index (χ3v) is 17.3. The molecule has 0 saturated carbocycles. The van der Waals surface area contributed by atoms with Crippen LogP contribution in [0, 0.1) is 21.7 Å². The van der Waals surface area contributed by atoms with Gasteiger partial charge in [-0.05, 0) is 25.7 Å². The largest absolute Gasteiger partial charge is 0.400 e. The third-order valence-electron chi connectivity index (χ3n) is 17.3. The lowest BCUT2D eigenvalue weighted by molar-refractivity contribution is -0.0929. The molecule has 0 aromatic rings.